The van der Waals surface area contributed by atoms with Crippen LogP contribution >= 0.6 is 11.3 Å². The number of nitrogens with one attached hydrogen (secondary N) is 1. The van der Waals surface area contributed by atoms with E-state index in [2.05, 4.69) is 10.3 Å². The molecule has 0 radical (unpaired) electrons. The molecule has 0 aliphatic rings. The van der Waals surface area contributed by atoms with Crippen LogP contribution in [0.1, 0.15) is 25.5 Å². The van der Waals surface area contributed by atoms with E-state index in [0.29, 0.717) is 13.1 Å². The van der Waals surface area contributed by atoms with E-state index in [9.17, 15) is 4.79 Å². The van der Waals surface area contributed by atoms with Crippen LogP contribution in [0.5, 0.6) is 0 Å². The number of nitrogens with two attached hydrogens (primary N) is 1. The maximum Gasteiger partial charge on any atom is 0.223 e. The van der Waals surface area contributed by atoms with Crippen LogP contribution in [-0.4, -0.2) is 17.4 Å². The molecule has 0 saturated carbocycles. The van der Waals surface area contributed by atoms with Gasteiger partial charge in [-0.15, -0.1) is 11.3 Å². The zero-order valence-corrected chi connectivity index (χ0v) is 9.72. The fourth-order valence-corrected chi connectivity index (χ4v) is 1.79. The van der Waals surface area contributed by atoms with Gasteiger partial charge >= 0.3 is 0 Å². The van der Waals surface area contributed by atoms with Crippen molar-refractivity contribution in [1.82, 2.24) is 10.3 Å². The molecule has 1 atom stereocenters. The molecule has 1 rings (SSSR count). The first-order valence-electron chi connectivity index (χ1n) is 5.09. The van der Waals surface area contributed by atoms with Gasteiger partial charge in [0.05, 0.1) is 17.7 Å². The molecule has 0 spiro atoms. The van der Waals surface area contributed by atoms with Crippen LogP contribution in [0, 0.1) is 5.92 Å². The van der Waals surface area contributed by atoms with Crippen molar-refractivity contribution in [2.24, 2.45) is 11.7 Å². The van der Waals surface area contributed by atoms with Crippen molar-refractivity contribution < 1.29 is 4.79 Å². The van der Waals surface area contributed by atoms with Crippen molar-refractivity contribution in [2.75, 3.05) is 6.54 Å². The number of carbonyl (C=O) groups excluding carboxylic acids is 1. The van der Waals surface area contributed by atoms with E-state index in [1.165, 1.54) is 11.3 Å². The normalized spacial score (nSPS) is 12.4. The number of hydrogen-bond acceptors (Lipinski definition) is 4. The molecule has 15 heavy (non-hydrogen) atoms. The number of aromatic nitrogens is 1. The Balaban J connectivity index is 2.23. The average molecular weight is 227 g/mol. The molecular weight excluding hydrogens is 210 g/mol. The number of thiazole rings is 1. The molecule has 5 heteroatoms. The second-order valence-corrected chi connectivity index (χ2v) is 4.25. The molecule has 1 aromatic rings. The third-order valence-corrected chi connectivity index (χ3v) is 2.85. The van der Waals surface area contributed by atoms with Gasteiger partial charge in [0.25, 0.3) is 0 Å². The molecule has 0 fully saturated rings. The second-order valence-electron chi connectivity index (χ2n) is 3.53. The highest BCUT2D eigenvalue weighted by atomic mass is 32.1. The smallest absolute Gasteiger partial charge is 0.223 e. The second kappa shape index (κ2) is 6.53. The van der Waals surface area contributed by atoms with E-state index in [-0.39, 0.29) is 11.8 Å². The third-order valence-electron chi connectivity index (χ3n) is 2.22. The van der Waals surface area contributed by atoms with Gasteiger partial charge in [-0.25, -0.2) is 4.98 Å². The van der Waals surface area contributed by atoms with Gasteiger partial charge in [-0.1, -0.05) is 6.92 Å². The zero-order valence-electron chi connectivity index (χ0n) is 8.90. The molecule has 1 amide bonds. The summed E-state index contributed by atoms with van der Waals surface area (Å²) < 4.78 is 0. The molecule has 1 aromatic heterocycles. The molecule has 4 nitrogen and oxygen atoms in total. The number of rotatable bonds is 6. The molecule has 0 saturated heterocycles. The lowest BCUT2D eigenvalue weighted by molar-refractivity contribution is -0.124. The standard InChI is InChI=1S/C10H17N3OS/c1-8(3-2-4-11)10(14)12-5-9-6-15-7-13-9/h6-8H,2-5,11H2,1H3,(H,12,14). The van der Waals surface area contributed by atoms with Crippen molar-refractivity contribution in [1.29, 1.82) is 0 Å². The first kappa shape index (κ1) is 12.1. The Hall–Kier alpha value is -0.940. The maximum absolute atomic E-state index is 11.6. The largest absolute Gasteiger partial charge is 0.350 e. The van der Waals surface area contributed by atoms with Gasteiger partial charge in [-0.3, -0.25) is 4.79 Å². The topological polar surface area (TPSA) is 68.0 Å². The summed E-state index contributed by atoms with van der Waals surface area (Å²) in [6.45, 7) is 3.09. The van der Waals surface area contributed by atoms with E-state index < -0.39 is 0 Å². The van der Waals surface area contributed by atoms with Gasteiger partial charge in [-0.2, -0.15) is 0 Å². The van der Waals surface area contributed by atoms with Crippen molar-refractivity contribution >= 4 is 17.2 Å². The van der Waals surface area contributed by atoms with Crippen molar-refractivity contribution in [3.63, 3.8) is 0 Å². The molecule has 0 bridgehead atoms. The summed E-state index contributed by atoms with van der Waals surface area (Å²) in [5.74, 6) is 0.114. The van der Waals surface area contributed by atoms with Gasteiger partial charge < -0.3 is 11.1 Å². The summed E-state index contributed by atoms with van der Waals surface area (Å²) in [6, 6.07) is 0. The fourth-order valence-electron chi connectivity index (χ4n) is 1.23. The highest BCUT2D eigenvalue weighted by Gasteiger charge is 2.11. The number of carbonyl (C=O) groups is 1. The quantitative estimate of drug-likeness (QED) is 0.765. The zero-order chi connectivity index (χ0) is 11.1. The Kier molecular flexibility index (Phi) is 5.28. The Morgan fingerprint density at radius 3 is 3.13 bits per heavy atom. The lowest BCUT2D eigenvalue weighted by Crippen LogP contribution is -2.29. The monoisotopic (exact) mass is 227 g/mol. The lowest BCUT2D eigenvalue weighted by atomic mass is 10.1. The Morgan fingerprint density at radius 1 is 1.73 bits per heavy atom. The predicted molar refractivity (Wildman–Crippen MR) is 61.4 cm³/mol. The highest BCUT2D eigenvalue weighted by Crippen LogP contribution is 2.05. The third kappa shape index (κ3) is 4.40. The molecule has 84 valence electrons. The van der Waals surface area contributed by atoms with E-state index in [1.807, 2.05) is 12.3 Å². The highest BCUT2D eigenvalue weighted by molar-refractivity contribution is 7.07. The minimum Gasteiger partial charge on any atom is -0.350 e. The van der Waals surface area contributed by atoms with Gasteiger partial charge in [0, 0.05) is 11.3 Å². The predicted octanol–water partition coefficient (Wildman–Crippen LogP) is 1.13. The lowest BCUT2D eigenvalue weighted by Gasteiger charge is -2.10. The van der Waals surface area contributed by atoms with E-state index in [1.54, 1.807) is 5.51 Å². The van der Waals surface area contributed by atoms with Crippen molar-refractivity contribution in [3.8, 4) is 0 Å². The first-order valence-corrected chi connectivity index (χ1v) is 6.03. The summed E-state index contributed by atoms with van der Waals surface area (Å²) in [7, 11) is 0. The van der Waals surface area contributed by atoms with Gasteiger partial charge in [-0.05, 0) is 19.4 Å². The van der Waals surface area contributed by atoms with Crippen molar-refractivity contribution in [2.45, 2.75) is 26.3 Å². The Morgan fingerprint density at radius 2 is 2.53 bits per heavy atom. The molecule has 0 aromatic carbocycles. The van der Waals surface area contributed by atoms with E-state index in [4.69, 9.17) is 5.73 Å². The average Bonchev–Trinajstić information content (AvgIpc) is 2.75. The van der Waals surface area contributed by atoms with Crippen LogP contribution in [0.25, 0.3) is 0 Å². The Labute approximate surface area is 93.9 Å². The van der Waals surface area contributed by atoms with E-state index in [0.717, 1.165) is 18.5 Å². The number of amides is 1. The molecular formula is C10H17N3OS. The van der Waals surface area contributed by atoms with Crippen LogP contribution < -0.4 is 11.1 Å². The minimum atomic E-state index is 0.0344. The molecule has 0 aliphatic carbocycles. The first-order chi connectivity index (χ1) is 7.24. The Bertz CT molecular complexity index is 287. The number of hydrogen-bond donors (Lipinski definition) is 2. The van der Waals surface area contributed by atoms with Gasteiger partial charge in [0.1, 0.15) is 0 Å². The fraction of sp³-hybridized carbons (Fsp3) is 0.600. The van der Waals surface area contributed by atoms with Crippen molar-refractivity contribution in [3.05, 3.63) is 16.6 Å². The summed E-state index contributed by atoms with van der Waals surface area (Å²) in [6.07, 6.45) is 1.74. The maximum atomic E-state index is 11.6. The number of nitrogens with zero attached hydrogens (tertiary/aromatic N) is 1. The SMILES string of the molecule is CC(CCCN)C(=O)NCc1cscn1. The molecule has 1 heterocycles. The minimum absolute atomic E-state index is 0.0344. The van der Waals surface area contributed by atoms with Crippen LogP contribution in [0.2, 0.25) is 0 Å². The molecule has 0 aliphatic heterocycles. The summed E-state index contributed by atoms with van der Waals surface area (Å²) >= 11 is 1.53. The van der Waals surface area contributed by atoms with Crippen LogP contribution in [0.3, 0.4) is 0 Å². The van der Waals surface area contributed by atoms with Crippen LogP contribution in [0.15, 0.2) is 10.9 Å². The van der Waals surface area contributed by atoms with Gasteiger partial charge in [0.15, 0.2) is 0 Å². The van der Waals surface area contributed by atoms with Crippen LogP contribution in [-0.2, 0) is 11.3 Å². The molecule has 1 unspecified atom stereocenters. The summed E-state index contributed by atoms with van der Waals surface area (Å²) in [5.41, 5.74) is 8.07. The summed E-state index contributed by atoms with van der Waals surface area (Å²) in [5, 5.41) is 4.79. The summed E-state index contributed by atoms with van der Waals surface area (Å²) in [4.78, 5) is 15.7. The van der Waals surface area contributed by atoms with E-state index >= 15 is 0 Å². The van der Waals surface area contributed by atoms with Gasteiger partial charge in [0.2, 0.25) is 5.91 Å². The molecule has 3 N–H and O–H groups in total. The van der Waals surface area contributed by atoms with Crippen LogP contribution in [0.4, 0.5) is 0 Å².